The van der Waals surface area contributed by atoms with Crippen LogP contribution in [-0.4, -0.2) is 49.2 Å². The van der Waals surface area contributed by atoms with E-state index in [0.29, 0.717) is 30.2 Å². The van der Waals surface area contributed by atoms with Crippen LogP contribution in [0.1, 0.15) is 23.2 Å². The van der Waals surface area contributed by atoms with Gasteiger partial charge in [0.2, 0.25) is 0 Å². The zero-order valence-corrected chi connectivity index (χ0v) is 14.5. The number of likely N-dealkylation sites (tertiary alicyclic amines) is 1. The Morgan fingerprint density at radius 2 is 1.92 bits per heavy atom. The summed E-state index contributed by atoms with van der Waals surface area (Å²) in [7, 11) is 3.14. The molecule has 1 atom stereocenters. The van der Waals surface area contributed by atoms with Gasteiger partial charge in [-0.15, -0.1) is 0 Å². The summed E-state index contributed by atoms with van der Waals surface area (Å²) in [5.41, 5.74) is 0.535. The molecule has 0 spiro atoms. The molecule has 1 unspecified atom stereocenters. The SMILES string of the molecule is COc1ccc(C(=O)N2CCCC(Oc3ccncc3)C2)c(OC)c1. The number of hydrogen-bond donors (Lipinski definition) is 0. The number of carbonyl (C=O) groups excluding carboxylic acids is 1. The molecule has 1 aliphatic rings. The van der Waals surface area contributed by atoms with E-state index in [-0.39, 0.29) is 12.0 Å². The highest BCUT2D eigenvalue weighted by molar-refractivity contribution is 5.97. The third-order valence-electron chi connectivity index (χ3n) is 4.26. The van der Waals surface area contributed by atoms with Crippen molar-refractivity contribution in [1.82, 2.24) is 9.88 Å². The van der Waals surface area contributed by atoms with Gasteiger partial charge in [0.05, 0.1) is 26.3 Å². The van der Waals surface area contributed by atoms with Gasteiger partial charge in [-0.2, -0.15) is 0 Å². The third kappa shape index (κ3) is 4.02. The lowest BCUT2D eigenvalue weighted by atomic mass is 10.1. The molecule has 0 aliphatic carbocycles. The molecule has 0 bridgehead atoms. The van der Waals surface area contributed by atoms with Crippen molar-refractivity contribution in [3.05, 3.63) is 48.3 Å². The molecular weight excluding hydrogens is 320 g/mol. The van der Waals surface area contributed by atoms with Crippen LogP contribution in [0.15, 0.2) is 42.7 Å². The number of hydrogen-bond acceptors (Lipinski definition) is 5. The minimum absolute atomic E-state index is 0.0238. The van der Waals surface area contributed by atoms with Crippen LogP contribution in [0.5, 0.6) is 17.2 Å². The molecular formula is C19H22N2O4. The zero-order chi connectivity index (χ0) is 17.6. The highest BCUT2D eigenvalue weighted by Gasteiger charge is 2.27. The molecule has 3 rings (SSSR count). The zero-order valence-electron chi connectivity index (χ0n) is 14.5. The van der Waals surface area contributed by atoms with Gasteiger partial charge in [0, 0.05) is 25.0 Å². The van der Waals surface area contributed by atoms with E-state index in [1.54, 1.807) is 44.8 Å². The maximum Gasteiger partial charge on any atom is 0.257 e. The van der Waals surface area contributed by atoms with Crippen molar-refractivity contribution in [3.63, 3.8) is 0 Å². The van der Waals surface area contributed by atoms with Crippen molar-refractivity contribution in [1.29, 1.82) is 0 Å². The average molecular weight is 342 g/mol. The van der Waals surface area contributed by atoms with Crippen molar-refractivity contribution in [2.45, 2.75) is 18.9 Å². The number of carbonyl (C=O) groups is 1. The van der Waals surface area contributed by atoms with E-state index in [2.05, 4.69) is 4.98 Å². The first-order chi connectivity index (χ1) is 12.2. The largest absolute Gasteiger partial charge is 0.497 e. The molecule has 1 aromatic carbocycles. The van der Waals surface area contributed by atoms with Crippen molar-refractivity contribution in [2.24, 2.45) is 0 Å². The summed E-state index contributed by atoms with van der Waals surface area (Å²) in [5, 5.41) is 0. The smallest absolute Gasteiger partial charge is 0.257 e. The van der Waals surface area contributed by atoms with Gasteiger partial charge in [0.1, 0.15) is 23.4 Å². The molecule has 2 aromatic rings. The summed E-state index contributed by atoms with van der Waals surface area (Å²) in [6.07, 6.45) is 5.20. The van der Waals surface area contributed by atoms with Crippen molar-refractivity contribution in [3.8, 4) is 17.2 Å². The molecule has 0 saturated carbocycles. The number of rotatable bonds is 5. The summed E-state index contributed by atoms with van der Waals surface area (Å²) in [5.74, 6) is 1.89. The van der Waals surface area contributed by atoms with Crippen LogP contribution < -0.4 is 14.2 Å². The quantitative estimate of drug-likeness (QED) is 0.836. The van der Waals surface area contributed by atoms with Crippen molar-refractivity contribution < 1.29 is 19.0 Å². The molecule has 1 saturated heterocycles. The summed E-state index contributed by atoms with van der Waals surface area (Å²) >= 11 is 0. The molecule has 0 N–H and O–H groups in total. The predicted molar refractivity (Wildman–Crippen MR) is 93.3 cm³/mol. The summed E-state index contributed by atoms with van der Waals surface area (Å²) in [6.45, 7) is 1.26. The highest BCUT2D eigenvalue weighted by atomic mass is 16.5. The van der Waals surface area contributed by atoms with Gasteiger partial charge in [-0.25, -0.2) is 0 Å². The lowest BCUT2D eigenvalue weighted by Crippen LogP contribution is -2.44. The van der Waals surface area contributed by atoms with Crippen LogP contribution in [0.2, 0.25) is 0 Å². The normalized spacial score (nSPS) is 17.0. The molecule has 6 nitrogen and oxygen atoms in total. The van der Waals surface area contributed by atoms with Crippen LogP contribution in [0.25, 0.3) is 0 Å². The number of aromatic nitrogens is 1. The molecule has 25 heavy (non-hydrogen) atoms. The van der Waals surface area contributed by atoms with Crippen molar-refractivity contribution in [2.75, 3.05) is 27.3 Å². The predicted octanol–water partition coefficient (Wildman–Crippen LogP) is 2.78. The Bertz CT molecular complexity index is 721. The molecule has 1 aliphatic heterocycles. The van der Waals surface area contributed by atoms with Crippen LogP contribution >= 0.6 is 0 Å². The van der Waals surface area contributed by atoms with E-state index in [0.717, 1.165) is 18.6 Å². The van der Waals surface area contributed by atoms with Gasteiger partial charge >= 0.3 is 0 Å². The number of methoxy groups -OCH3 is 2. The molecule has 1 aromatic heterocycles. The standard InChI is InChI=1S/C19H22N2O4/c1-23-15-5-6-17(18(12-15)24-2)19(22)21-11-3-4-16(13-21)25-14-7-9-20-10-8-14/h5-10,12,16H,3-4,11,13H2,1-2H3. The van der Waals surface area contributed by atoms with E-state index in [9.17, 15) is 4.79 Å². The number of pyridine rings is 1. The molecule has 132 valence electrons. The lowest BCUT2D eigenvalue weighted by molar-refractivity contribution is 0.0535. The maximum absolute atomic E-state index is 12.9. The molecule has 1 amide bonds. The molecule has 1 fully saturated rings. The minimum atomic E-state index is -0.0532. The van der Waals surface area contributed by atoms with Gasteiger partial charge < -0.3 is 19.1 Å². The number of nitrogens with zero attached hydrogens (tertiary/aromatic N) is 2. The van der Waals surface area contributed by atoms with Gasteiger partial charge in [-0.3, -0.25) is 9.78 Å². The van der Waals surface area contributed by atoms with E-state index < -0.39 is 0 Å². The third-order valence-corrected chi connectivity index (χ3v) is 4.26. The van der Waals surface area contributed by atoms with Crippen LogP contribution in [-0.2, 0) is 0 Å². The minimum Gasteiger partial charge on any atom is -0.497 e. The van der Waals surface area contributed by atoms with Crippen LogP contribution in [0.4, 0.5) is 0 Å². The fraction of sp³-hybridized carbons (Fsp3) is 0.368. The number of benzene rings is 1. The number of piperidine rings is 1. The Morgan fingerprint density at radius 3 is 2.64 bits per heavy atom. The second-order valence-electron chi connectivity index (χ2n) is 5.88. The van der Waals surface area contributed by atoms with E-state index in [1.165, 1.54) is 0 Å². The van der Waals surface area contributed by atoms with Gasteiger partial charge in [0.15, 0.2) is 0 Å². The Kier molecular flexibility index (Phi) is 5.38. The Morgan fingerprint density at radius 1 is 1.12 bits per heavy atom. The first kappa shape index (κ1) is 17.1. The molecule has 2 heterocycles. The van der Waals surface area contributed by atoms with Crippen LogP contribution in [0, 0.1) is 0 Å². The molecule has 6 heteroatoms. The van der Waals surface area contributed by atoms with Gasteiger partial charge in [-0.1, -0.05) is 0 Å². The Labute approximate surface area is 147 Å². The highest BCUT2D eigenvalue weighted by Crippen LogP contribution is 2.27. The second-order valence-corrected chi connectivity index (χ2v) is 5.88. The lowest BCUT2D eigenvalue weighted by Gasteiger charge is -2.33. The summed E-state index contributed by atoms with van der Waals surface area (Å²) in [6, 6.07) is 8.89. The first-order valence-corrected chi connectivity index (χ1v) is 8.29. The van der Waals surface area contributed by atoms with Crippen LogP contribution in [0.3, 0.4) is 0 Å². The summed E-state index contributed by atoms with van der Waals surface area (Å²) in [4.78, 5) is 18.7. The number of ether oxygens (including phenoxy) is 3. The van der Waals surface area contributed by atoms with Crippen molar-refractivity contribution >= 4 is 5.91 Å². The topological polar surface area (TPSA) is 60.9 Å². The first-order valence-electron chi connectivity index (χ1n) is 8.29. The fourth-order valence-corrected chi connectivity index (χ4v) is 2.97. The Balaban J connectivity index is 1.71. The Hall–Kier alpha value is -2.76. The average Bonchev–Trinajstić information content (AvgIpc) is 2.68. The second kappa shape index (κ2) is 7.88. The van der Waals surface area contributed by atoms with E-state index in [1.807, 2.05) is 17.0 Å². The number of amides is 1. The molecule has 0 radical (unpaired) electrons. The van der Waals surface area contributed by atoms with Gasteiger partial charge in [-0.05, 0) is 37.1 Å². The summed E-state index contributed by atoms with van der Waals surface area (Å²) < 4.78 is 16.5. The fourth-order valence-electron chi connectivity index (χ4n) is 2.97. The monoisotopic (exact) mass is 342 g/mol. The maximum atomic E-state index is 12.9. The van der Waals surface area contributed by atoms with Gasteiger partial charge in [0.25, 0.3) is 5.91 Å². The van der Waals surface area contributed by atoms with E-state index in [4.69, 9.17) is 14.2 Å². The van der Waals surface area contributed by atoms with E-state index >= 15 is 0 Å².